The zero-order valence-electron chi connectivity index (χ0n) is 15.3. The third-order valence-electron chi connectivity index (χ3n) is 4.45. The van der Waals surface area contributed by atoms with E-state index in [4.69, 9.17) is 5.73 Å². The summed E-state index contributed by atoms with van der Waals surface area (Å²) in [7, 11) is 3.34. The molecule has 142 valence electrons. The molecule has 0 saturated carbocycles. The molecule has 0 amide bonds. The number of fused-ring (bicyclic) bond motifs is 2. The molecule has 28 heavy (non-hydrogen) atoms. The van der Waals surface area contributed by atoms with Gasteiger partial charge in [-0.15, -0.1) is 0 Å². The Morgan fingerprint density at radius 2 is 1.29 bits per heavy atom. The monoisotopic (exact) mass is 378 g/mol. The van der Waals surface area contributed by atoms with Gasteiger partial charge in [-0.3, -0.25) is 19.7 Å². The van der Waals surface area contributed by atoms with Gasteiger partial charge in [0.15, 0.2) is 0 Å². The molecule has 0 aliphatic rings. The molecular formula is C20H18N4O4. The molecule has 2 aromatic heterocycles. The number of aryl methyl sites for hydroxylation is 2. The summed E-state index contributed by atoms with van der Waals surface area (Å²) >= 11 is 0. The third-order valence-corrected chi connectivity index (χ3v) is 4.45. The zero-order valence-corrected chi connectivity index (χ0v) is 15.3. The standard InChI is InChI=1S/C10H8N2O3.C10H10N2O/c1-11-6-5-7-8(10(11)13)3-2-4-9(7)12(14)15;1-12-6-5-7-8(10(12)13)3-2-4-9(7)11/h2-6H,1H3;2-6H,11H2,1H3. The molecule has 2 heterocycles. The lowest BCUT2D eigenvalue weighted by Gasteiger charge is -2.02. The lowest BCUT2D eigenvalue weighted by atomic mass is 10.1. The minimum Gasteiger partial charge on any atom is -0.398 e. The molecule has 2 aromatic carbocycles. The van der Waals surface area contributed by atoms with Gasteiger partial charge in [-0.05, 0) is 30.3 Å². The average molecular weight is 378 g/mol. The molecule has 0 aliphatic carbocycles. The molecule has 2 N–H and O–H groups in total. The van der Waals surface area contributed by atoms with Crippen molar-refractivity contribution in [3.63, 3.8) is 0 Å². The van der Waals surface area contributed by atoms with Crippen molar-refractivity contribution in [3.05, 3.63) is 91.7 Å². The van der Waals surface area contributed by atoms with E-state index in [1.807, 2.05) is 6.07 Å². The molecule has 0 unspecified atom stereocenters. The fourth-order valence-corrected chi connectivity index (χ4v) is 2.92. The smallest absolute Gasteiger partial charge is 0.277 e. The first-order chi connectivity index (χ1) is 13.3. The van der Waals surface area contributed by atoms with Crippen molar-refractivity contribution in [2.75, 3.05) is 5.73 Å². The normalized spacial score (nSPS) is 10.5. The van der Waals surface area contributed by atoms with Gasteiger partial charge >= 0.3 is 0 Å². The first-order valence-electron chi connectivity index (χ1n) is 8.38. The van der Waals surface area contributed by atoms with Crippen LogP contribution >= 0.6 is 0 Å². The Kier molecular flexibility index (Phi) is 4.95. The first kappa shape index (κ1) is 18.8. The van der Waals surface area contributed by atoms with Crippen LogP contribution in [0.2, 0.25) is 0 Å². The van der Waals surface area contributed by atoms with Crippen molar-refractivity contribution in [1.29, 1.82) is 0 Å². The molecule has 8 nitrogen and oxygen atoms in total. The lowest BCUT2D eigenvalue weighted by Crippen LogP contribution is -2.15. The Balaban J connectivity index is 0.000000162. The van der Waals surface area contributed by atoms with Gasteiger partial charge in [0.25, 0.3) is 16.8 Å². The average Bonchev–Trinajstić information content (AvgIpc) is 2.68. The lowest BCUT2D eigenvalue weighted by molar-refractivity contribution is -0.383. The number of nitro benzene ring substituents is 1. The van der Waals surface area contributed by atoms with Crippen LogP contribution in [-0.2, 0) is 14.1 Å². The zero-order chi connectivity index (χ0) is 20.4. The Labute approximate surface area is 159 Å². The fourth-order valence-electron chi connectivity index (χ4n) is 2.92. The molecule has 4 aromatic rings. The topological polar surface area (TPSA) is 113 Å². The molecule has 0 saturated heterocycles. The van der Waals surface area contributed by atoms with Crippen LogP contribution in [0.5, 0.6) is 0 Å². The highest BCUT2D eigenvalue weighted by molar-refractivity contribution is 5.92. The van der Waals surface area contributed by atoms with E-state index >= 15 is 0 Å². The number of anilines is 1. The summed E-state index contributed by atoms with van der Waals surface area (Å²) in [5.41, 5.74) is 6.10. The summed E-state index contributed by atoms with van der Waals surface area (Å²) in [4.78, 5) is 33.5. The van der Waals surface area contributed by atoms with Gasteiger partial charge in [0.1, 0.15) is 0 Å². The van der Waals surface area contributed by atoms with Gasteiger partial charge in [0, 0.05) is 49.0 Å². The summed E-state index contributed by atoms with van der Waals surface area (Å²) in [6, 6.07) is 13.3. The molecule has 4 rings (SSSR count). The Morgan fingerprint density at radius 3 is 1.86 bits per heavy atom. The number of rotatable bonds is 1. The highest BCUT2D eigenvalue weighted by atomic mass is 16.6. The highest BCUT2D eigenvalue weighted by Crippen LogP contribution is 2.22. The van der Waals surface area contributed by atoms with Crippen molar-refractivity contribution in [2.24, 2.45) is 14.1 Å². The van der Waals surface area contributed by atoms with Crippen molar-refractivity contribution < 1.29 is 4.92 Å². The number of pyridine rings is 2. The van der Waals surface area contributed by atoms with Gasteiger partial charge < -0.3 is 14.9 Å². The maximum absolute atomic E-state index is 11.6. The first-order valence-corrected chi connectivity index (χ1v) is 8.38. The maximum Gasteiger partial charge on any atom is 0.277 e. The molecular weight excluding hydrogens is 360 g/mol. The minimum absolute atomic E-state index is 0.00944. The number of non-ortho nitro benzene ring substituents is 1. The van der Waals surface area contributed by atoms with Gasteiger partial charge in [-0.1, -0.05) is 12.1 Å². The number of benzene rings is 2. The number of hydrogen-bond acceptors (Lipinski definition) is 5. The third kappa shape index (κ3) is 3.35. The van der Waals surface area contributed by atoms with Crippen LogP contribution < -0.4 is 16.9 Å². The largest absolute Gasteiger partial charge is 0.398 e. The van der Waals surface area contributed by atoms with Crippen LogP contribution in [0.4, 0.5) is 11.4 Å². The summed E-state index contributed by atoms with van der Waals surface area (Å²) in [6.45, 7) is 0. The van der Waals surface area contributed by atoms with Gasteiger partial charge in [0.05, 0.1) is 15.7 Å². The number of aromatic nitrogens is 2. The van der Waals surface area contributed by atoms with E-state index in [-0.39, 0.29) is 16.8 Å². The van der Waals surface area contributed by atoms with Crippen molar-refractivity contribution >= 4 is 32.9 Å². The number of nitrogen functional groups attached to an aromatic ring is 1. The molecule has 0 spiro atoms. The van der Waals surface area contributed by atoms with Crippen LogP contribution in [0.3, 0.4) is 0 Å². The molecule has 0 fully saturated rings. The fraction of sp³-hybridized carbons (Fsp3) is 0.100. The predicted octanol–water partition coefficient (Wildman–Crippen LogP) is 2.57. The van der Waals surface area contributed by atoms with E-state index < -0.39 is 4.92 Å². The van der Waals surface area contributed by atoms with Crippen LogP contribution in [0.25, 0.3) is 21.5 Å². The Hall–Kier alpha value is -3.94. The quantitative estimate of drug-likeness (QED) is 0.311. The van der Waals surface area contributed by atoms with Crippen LogP contribution in [0.1, 0.15) is 0 Å². The molecule has 0 atom stereocenters. The summed E-state index contributed by atoms with van der Waals surface area (Å²) in [5, 5.41) is 13.0. The second-order valence-electron chi connectivity index (χ2n) is 6.27. The second-order valence-corrected chi connectivity index (χ2v) is 6.27. The van der Waals surface area contributed by atoms with E-state index in [1.165, 1.54) is 22.9 Å². The van der Waals surface area contributed by atoms with Crippen LogP contribution in [-0.4, -0.2) is 14.1 Å². The second kappa shape index (κ2) is 7.36. The minimum atomic E-state index is -0.484. The van der Waals surface area contributed by atoms with Crippen LogP contribution in [0.15, 0.2) is 70.5 Å². The van der Waals surface area contributed by atoms with E-state index in [9.17, 15) is 19.7 Å². The molecule has 0 radical (unpaired) electrons. The Morgan fingerprint density at radius 1 is 0.786 bits per heavy atom. The maximum atomic E-state index is 11.6. The number of nitrogens with two attached hydrogens (primary N) is 1. The van der Waals surface area contributed by atoms with E-state index in [0.717, 1.165) is 5.39 Å². The summed E-state index contributed by atoms with van der Waals surface area (Å²) in [5.74, 6) is 0. The van der Waals surface area contributed by atoms with Crippen LogP contribution in [0, 0.1) is 10.1 Å². The summed E-state index contributed by atoms with van der Waals surface area (Å²) < 4.78 is 2.94. The predicted molar refractivity (Wildman–Crippen MR) is 109 cm³/mol. The number of hydrogen-bond donors (Lipinski definition) is 1. The van der Waals surface area contributed by atoms with Gasteiger partial charge in [-0.25, -0.2) is 0 Å². The van der Waals surface area contributed by atoms with E-state index in [0.29, 0.717) is 21.8 Å². The van der Waals surface area contributed by atoms with Crippen molar-refractivity contribution in [2.45, 2.75) is 0 Å². The van der Waals surface area contributed by atoms with Crippen molar-refractivity contribution in [1.82, 2.24) is 9.13 Å². The van der Waals surface area contributed by atoms with E-state index in [2.05, 4.69) is 0 Å². The SMILES string of the molecule is Cn1ccc2c(N)cccc2c1=O.Cn1ccc2c([N+](=O)[O-])cccc2c1=O. The molecule has 8 heteroatoms. The number of nitro groups is 1. The Bertz CT molecular complexity index is 1320. The van der Waals surface area contributed by atoms with Gasteiger partial charge in [-0.2, -0.15) is 0 Å². The molecule has 0 bridgehead atoms. The molecule has 0 aliphatic heterocycles. The van der Waals surface area contributed by atoms with E-state index in [1.54, 1.807) is 55.2 Å². The van der Waals surface area contributed by atoms with Crippen molar-refractivity contribution in [3.8, 4) is 0 Å². The summed E-state index contributed by atoms with van der Waals surface area (Å²) in [6.07, 6.45) is 3.25. The van der Waals surface area contributed by atoms with Gasteiger partial charge in [0.2, 0.25) is 0 Å². The highest BCUT2D eigenvalue weighted by Gasteiger charge is 2.12. The number of nitrogens with zero attached hydrogens (tertiary/aromatic N) is 3.